The Morgan fingerprint density at radius 1 is 1.00 bits per heavy atom. The number of sulfonamides is 1. The Bertz CT molecular complexity index is 1910. The Morgan fingerprint density at radius 3 is 2.38 bits per heavy atom. The summed E-state index contributed by atoms with van der Waals surface area (Å²) in [5.41, 5.74) is 0.424. The number of aromatic nitrogens is 2. The van der Waals surface area contributed by atoms with E-state index in [1.807, 2.05) is 0 Å². The van der Waals surface area contributed by atoms with Gasteiger partial charge in [-0.25, -0.2) is 35.7 Å². The van der Waals surface area contributed by atoms with Crippen molar-refractivity contribution in [1.82, 2.24) is 14.3 Å². The van der Waals surface area contributed by atoms with Crippen LogP contribution in [-0.2, 0) is 21.3 Å². The van der Waals surface area contributed by atoms with Crippen molar-refractivity contribution in [2.45, 2.75) is 50.2 Å². The van der Waals surface area contributed by atoms with Crippen LogP contribution in [0.2, 0.25) is 0 Å². The van der Waals surface area contributed by atoms with Gasteiger partial charge in [0.15, 0.2) is 11.6 Å². The van der Waals surface area contributed by atoms with Crippen molar-refractivity contribution in [3.8, 4) is 17.2 Å². The Hall–Kier alpha value is -4.57. The Morgan fingerprint density at radius 2 is 1.74 bits per heavy atom. The van der Waals surface area contributed by atoms with E-state index >= 15 is 8.78 Å². The van der Waals surface area contributed by atoms with Gasteiger partial charge in [-0.05, 0) is 57.0 Å². The van der Waals surface area contributed by atoms with Crippen molar-refractivity contribution in [3.63, 3.8) is 0 Å². The van der Waals surface area contributed by atoms with Crippen molar-refractivity contribution >= 4 is 32.8 Å². The van der Waals surface area contributed by atoms with Gasteiger partial charge in [0.2, 0.25) is 5.13 Å². The molecule has 50 heavy (non-hydrogen) atoms. The molecular weight excluding hydrogens is 698 g/mol. The maximum absolute atomic E-state index is 15.7. The van der Waals surface area contributed by atoms with Gasteiger partial charge < -0.3 is 23.8 Å². The molecule has 16 heteroatoms. The van der Waals surface area contributed by atoms with Gasteiger partial charge in [0, 0.05) is 60.2 Å². The van der Waals surface area contributed by atoms with E-state index in [0.717, 1.165) is 27.7 Å². The van der Waals surface area contributed by atoms with E-state index in [9.17, 15) is 17.6 Å². The molecule has 2 unspecified atom stereocenters. The molecule has 5 rings (SSSR count). The van der Waals surface area contributed by atoms with E-state index in [2.05, 4.69) is 9.36 Å². The van der Waals surface area contributed by atoms with E-state index < -0.39 is 49.8 Å². The number of amides is 1. The summed E-state index contributed by atoms with van der Waals surface area (Å²) in [5, 5.41) is -0.0763. The molecule has 268 valence electrons. The molecule has 0 bridgehead atoms. The summed E-state index contributed by atoms with van der Waals surface area (Å²) in [6, 6.07) is 11.9. The van der Waals surface area contributed by atoms with Crippen molar-refractivity contribution in [3.05, 3.63) is 89.5 Å². The summed E-state index contributed by atoms with van der Waals surface area (Å²) in [6.45, 7) is 5.40. The number of ether oxygens (including phenoxy) is 4. The molecule has 0 aliphatic carbocycles. The summed E-state index contributed by atoms with van der Waals surface area (Å²) in [6.07, 6.45) is 1.07. The topological polar surface area (TPSA) is 120 Å². The zero-order valence-electron chi connectivity index (χ0n) is 28.1. The SMILES string of the molecule is COc1ccc(CN(c2ncns2)S(=O)(=O)c2cc(F)c(OCC3CCN(C(=O)OC(C)(C)C)CC3c3ccc(F)cc3)cc2F)c(OC)c1. The summed E-state index contributed by atoms with van der Waals surface area (Å²) in [4.78, 5) is 17.5. The molecule has 1 aromatic heterocycles. The number of hydrogen-bond acceptors (Lipinski definition) is 10. The lowest BCUT2D eigenvalue weighted by atomic mass is 9.81. The van der Waals surface area contributed by atoms with Gasteiger partial charge in [-0.2, -0.15) is 4.37 Å². The molecule has 0 radical (unpaired) electrons. The molecule has 2 atom stereocenters. The van der Waals surface area contributed by atoms with Crippen molar-refractivity contribution in [2.24, 2.45) is 5.92 Å². The zero-order valence-corrected chi connectivity index (χ0v) is 29.7. The van der Waals surface area contributed by atoms with E-state index in [4.69, 9.17) is 18.9 Å². The second-order valence-electron chi connectivity index (χ2n) is 12.6. The average Bonchev–Trinajstić information content (AvgIpc) is 3.61. The first-order valence-corrected chi connectivity index (χ1v) is 17.8. The number of likely N-dealkylation sites (tertiary alicyclic amines) is 1. The van der Waals surface area contributed by atoms with E-state index in [-0.39, 0.29) is 36.7 Å². The minimum absolute atomic E-state index is 0.0763. The van der Waals surface area contributed by atoms with Crippen LogP contribution in [0.15, 0.2) is 65.8 Å². The minimum Gasteiger partial charge on any atom is -0.497 e. The number of nitrogens with zero attached hydrogens (tertiary/aromatic N) is 4. The first-order chi connectivity index (χ1) is 23.7. The van der Waals surface area contributed by atoms with Crippen LogP contribution >= 0.6 is 11.5 Å². The van der Waals surface area contributed by atoms with Crippen LogP contribution in [0.3, 0.4) is 0 Å². The van der Waals surface area contributed by atoms with Gasteiger partial charge in [-0.3, -0.25) is 0 Å². The molecule has 1 saturated heterocycles. The number of carbonyl (C=O) groups excluding carboxylic acids is 1. The van der Waals surface area contributed by atoms with Gasteiger partial charge in [0.1, 0.15) is 40.0 Å². The lowest BCUT2D eigenvalue weighted by Gasteiger charge is -2.39. The van der Waals surface area contributed by atoms with Crippen molar-refractivity contribution < 1.29 is 45.3 Å². The summed E-state index contributed by atoms with van der Waals surface area (Å²) in [5.74, 6) is -3.13. The summed E-state index contributed by atoms with van der Waals surface area (Å²) >= 11 is 0.760. The lowest BCUT2D eigenvalue weighted by molar-refractivity contribution is 0.0129. The Labute approximate surface area is 292 Å². The number of hydrogen-bond donors (Lipinski definition) is 0. The summed E-state index contributed by atoms with van der Waals surface area (Å²) in [7, 11) is -1.87. The van der Waals surface area contributed by atoms with Crippen LogP contribution in [0.25, 0.3) is 0 Å². The molecule has 0 spiro atoms. The monoisotopic (exact) mass is 734 g/mol. The molecule has 4 aromatic rings. The Kier molecular flexibility index (Phi) is 11.1. The molecule has 1 aliphatic heterocycles. The number of carbonyl (C=O) groups is 1. The second-order valence-corrected chi connectivity index (χ2v) is 15.2. The van der Waals surface area contributed by atoms with Crippen LogP contribution < -0.4 is 18.5 Å². The average molecular weight is 735 g/mol. The normalized spacial score (nSPS) is 16.5. The number of piperidine rings is 1. The quantitative estimate of drug-likeness (QED) is 0.164. The van der Waals surface area contributed by atoms with Crippen molar-refractivity contribution in [1.29, 1.82) is 0 Å². The van der Waals surface area contributed by atoms with Gasteiger partial charge in [-0.1, -0.05) is 12.1 Å². The number of halogens is 3. The predicted molar refractivity (Wildman–Crippen MR) is 180 cm³/mol. The fourth-order valence-corrected chi connectivity index (χ4v) is 7.77. The van der Waals surface area contributed by atoms with Gasteiger partial charge >= 0.3 is 6.09 Å². The third-order valence-electron chi connectivity index (χ3n) is 8.08. The fourth-order valence-electron chi connectivity index (χ4n) is 5.58. The molecule has 0 saturated carbocycles. The van der Waals surface area contributed by atoms with E-state index in [1.54, 1.807) is 56.0 Å². The lowest BCUT2D eigenvalue weighted by Crippen LogP contribution is -2.46. The molecular formula is C34H37F3N4O7S2. The van der Waals surface area contributed by atoms with E-state index in [0.29, 0.717) is 42.2 Å². The van der Waals surface area contributed by atoms with Crippen LogP contribution in [0.5, 0.6) is 17.2 Å². The molecule has 3 aromatic carbocycles. The third kappa shape index (κ3) is 8.41. The van der Waals surface area contributed by atoms with E-state index in [1.165, 1.54) is 26.4 Å². The van der Waals surface area contributed by atoms with Crippen LogP contribution in [-0.4, -0.2) is 68.3 Å². The molecule has 1 aliphatic rings. The van der Waals surface area contributed by atoms with Gasteiger partial charge in [0.25, 0.3) is 10.0 Å². The molecule has 0 N–H and O–H groups in total. The van der Waals surface area contributed by atoms with Gasteiger partial charge in [0.05, 0.1) is 27.4 Å². The van der Waals surface area contributed by atoms with Gasteiger partial charge in [-0.15, -0.1) is 0 Å². The number of rotatable bonds is 11. The molecule has 2 heterocycles. The maximum atomic E-state index is 15.7. The first-order valence-electron chi connectivity index (χ1n) is 15.6. The minimum atomic E-state index is -4.74. The highest BCUT2D eigenvalue weighted by atomic mass is 32.2. The Balaban J connectivity index is 1.38. The largest absolute Gasteiger partial charge is 0.497 e. The van der Waals surface area contributed by atoms with Crippen molar-refractivity contribution in [2.75, 3.05) is 38.2 Å². The maximum Gasteiger partial charge on any atom is 0.410 e. The molecule has 1 fully saturated rings. The van der Waals surface area contributed by atoms with Crippen LogP contribution in [0, 0.1) is 23.4 Å². The fraction of sp³-hybridized carbons (Fsp3) is 0.382. The zero-order chi connectivity index (χ0) is 36.2. The molecule has 1 amide bonds. The highest BCUT2D eigenvalue weighted by molar-refractivity contribution is 7.93. The first kappa shape index (κ1) is 36.7. The standard InChI is InChI=1S/C34H37F3N4O7S2/c1-34(2,3)48-33(42)40-13-12-23(26(18-40)21-6-9-24(35)10-7-21)19-47-30-15-28(37)31(16-27(30)36)50(43,44)41(32-38-20-39-49-32)17-22-8-11-25(45-4)14-29(22)46-5/h6-11,14-16,20,23,26H,12-13,17-19H2,1-5H3. The third-order valence-corrected chi connectivity index (χ3v) is 10.6. The van der Waals surface area contributed by atoms with Crippen LogP contribution in [0.4, 0.5) is 23.1 Å². The highest BCUT2D eigenvalue weighted by Crippen LogP contribution is 2.37. The van der Waals surface area contributed by atoms with Crippen LogP contribution in [0.1, 0.15) is 44.2 Å². The summed E-state index contributed by atoms with van der Waals surface area (Å²) < 4.78 is 99.6. The molecule has 11 nitrogen and oxygen atoms in total. The predicted octanol–water partition coefficient (Wildman–Crippen LogP) is 6.79. The smallest absolute Gasteiger partial charge is 0.410 e. The highest BCUT2D eigenvalue weighted by Gasteiger charge is 2.36. The number of methoxy groups -OCH3 is 2. The number of anilines is 1. The number of benzene rings is 3. The second kappa shape index (κ2) is 15.1.